The van der Waals surface area contributed by atoms with Crippen LogP contribution in [-0.4, -0.2) is 40.6 Å². The lowest BCUT2D eigenvalue weighted by Gasteiger charge is -2.16. The van der Waals surface area contributed by atoms with Crippen molar-refractivity contribution >= 4 is 16.8 Å². The lowest BCUT2D eigenvalue weighted by Crippen LogP contribution is -2.29. The van der Waals surface area contributed by atoms with E-state index >= 15 is 0 Å². The molecule has 0 spiro atoms. The Morgan fingerprint density at radius 3 is 3.11 bits per heavy atom. The number of aromatic nitrogens is 1. The van der Waals surface area contributed by atoms with E-state index in [1.165, 1.54) is 0 Å². The highest BCUT2D eigenvalue weighted by Crippen LogP contribution is 2.20. The first-order valence-electron chi connectivity index (χ1n) is 6.25. The third-order valence-corrected chi connectivity index (χ3v) is 3.63. The van der Waals surface area contributed by atoms with Gasteiger partial charge in [-0.1, -0.05) is 0 Å². The van der Waals surface area contributed by atoms with Crippen molar-refractivity contribution < 1.29 is 9.90 Å². The molecule has 1 saturated heterocycles. The summed E-state index contributed by atoms with van der Waals surface area (Å²) in [5.74, 6) is 0.305. The number of hydrogen-bond donors (Lipinski definition) is 2. The van der Waals surface area contributed by atoms with Crippen molar-refractivity contribution in [2.24, 2.45) is 5.92 Å². The van der Waals surface area contributed by atoms with Gasteiger partial charge in [0.25, 0.3) is 5.91 Å². The Balaban J connectivity index is 1.83. The van der Waals surface area contributed by atoms with E-state index < -0.39 is 0 Å². The lowest BCUT2D eigenvalue weighted by atomic mass is 10.1. The SMILES string of the molecule is O=C(c1ccc2[nH]ccc2c1)N1CCC(CO)C1. The van der Waals surface area contributed by atoms with E-state index in [2.05, 4.69) is 4.98 Å². The van der Waals surface area contributed by atoms with Crippen molar-refractivity contribution in [1.29, 1.82) is 0 Å². The second kappa shape index (κ2) is 4.46. The molecule has 3 rings (SSSR count). The van der Waals surface area contributed by atoms with Gasteiger partial charge in [-0.15, -0.1) is 0 Å². The fourth-order valence-electron chi connectivity index (χ4n) is 2.54. The summed E-state index contributed by atoms with van der Waals surface area (Å²) in [6, 6.07) is 7.67. The van der Waals surface area contributed by atoms with Crippen molar-refractivity contribution in [2.75, 3.05) is 19.7 Å². The van der Waals surface area contributed by atoms with Gasteiger partial charge < -0.3 is 15.0 Å². The first-order valence-corrected chi connectivity index (χ1v) is 6.25. The van der Waals surface area contributed by atoms with Gasteiger partial charge in [0.1, 0.15) is 0 Å². The van der Waals surface area contributed by atoms with Gasteiger partial charge >= 0.3 is 0 Å². The molecule has 1 aromatic carbocycles. The predicted molar refractivity (Wildman–Crippen MR) is 69.4 cm³/mol. The number of aromatic amines is 1. The molecular weight excluding hydrogens is 228 g/mol. The molecule has 18 heavy (non-hydrogen) atoms. The van der Waals surface area contributed by atoms with Gasteiger partial charge in [-0.2, -0.15) is 0 Å². The number of aliphatic hydroxyl groups is 1. The van der Waals surface area contributed by atoms with Crippen LogP contribution < -0.4 is 0 Å². The molecule has 1 fully saturated rings. The van der Waals surface area contributed by atoms with Crippen LogP contribution in [0.4, 0.5) is 0 Å². The lowest BCUT2D eigenvalue weighted by molar-refractivity contribution is 0.0782. The normalized spacial score (nSPS) is 19.6. The Labute approximate surface area is 105 Å². The van der Waals surface area contributed by atoms with Crippen molar-refractivity contribution in [1.82, 2.24) is 9.88 Å². The molecule has 0 radical (unpaired) electrons. The highest BCUT2D eigenvalue weighted by atomic mass is 16.3. The molecule has 4 heteroatoms. The molecule has 1 aliphatic heterocycles. The Bertz CT molecular complexity index is 576. The Kier molecular flexibility index (Phi) is 2.80. The van der Waals surface area contributed by atoms with E-state index in [0.29, 0.717) is 6.54 Å². The highest BCUT2D eigenvalue weighted by molar-refractivity contribution is 5.98. The minimum absolute atomic E-state index is 0.0639. The third-order valence-electron chi connectivity index (χ3n) is 3.63. The molecule has 1 atom stereocenters. The van der Waals surface area contributed by atoms with E-state index in [4.69, 9.17) is 5.11 Å². The van der Waals surface area contributed by atoms with Crippen LogP contribution in [0.25, 0.3) is 10.9 Å². The molecule has 1 aliphatic rings. The standard InChI is InChI=1S/C14H16N2O2/c17-9-10-4-6-16(8-10)14(18)12-1-2-13-11(7-12)3-5-15-13/h1-3,5,7,10,15,17H,4,6,8-9H2. The van der Waals surface area contributed by atoms with Crippen LogP contribution in [0.5, 0.6) is 0 Å². The number of nitrogens with zero attached hydrogens (tertiary/aromatic N) is 1. The van der Waals surface area contributed by atoms with Gasteiger partial charge in [0.05, 0.1) is 0 Å². The largest absolute Gasteiger partial charge is 0.396 e. The Morgan fingerprint density at radius 2 is 2.33 bits per heavy atom. The molecular formula is C14H16N2O2. The van der Waals surface area contributed by atoms with Crippen LogP contribution in [-0.2, 0) is 0 Å². The smallest absolute Gasteiger partial charge is 0.253 e. The molecule has 1 unspecified atom stereocenters. The van der Waals surface area contributed by atoms with Gasteiger partial charge in [0.15, 0.2) is 0 Å². The monoisotopic (exact) mass is 244 g/mol. The first kappa shape index (κ1) is 11.3. The van der Waals surface area contributed by atoms with E-state index in [0.717, 1.165) is 29.4 Å². The molecule has 2 heterocycles. The fourth-order valence-corrected chi connectivity index (χ4v) is 2.54. The molecule has 94 valence electrons. The zero-order valence-corrected chi connectivity index (χ0v) is 10.1. The first-order chi connectivity index (χ1) is 8.78. The van der Waals surface area contributed by atoms with Crippen molar-refractivity contribution in [2.45, 2.75) is 6.42 Å². The molecule has 4 nitrogen and oxygen atoms in total. The Hall–Kier alpha value is -1.81. The summed E-state index contributed by atoms with van der Waals surface area (Å²) in [6.07, 6.45) is 2.77. The summed E-state index contributed by atoms with van der Waals surface area (Å²) in [7, 11) is 0. The van der Waals surface area contributed by atoms with Crippen LogP contribution in [0.15, 0.2) is 30.5 Å². The molecule has 0 bridgehead atoms. The number of amides is 1. The summed E-state index contributed by atoms with van der Waals surface area (Å²) in [5, 5.41) is 10.2. The average Bonchev–Trinajstić information content (AvgIpc) is 3.05. The van der Waals surface area contributed by atoms with Crippen LogP contribution in [0.2, 0.25) is 0 Å². The summed E-state index contributed by atoms with van der Waals surface area (Å²) < 4.78 is 0. The maximum Gasteiger partial charge on any atom is 0.253 e. The Morgan fingerprint density at radius 1 is 1.44 bits per heavy atom. The molecule has 1 amide bonds. The van der Waals surface area contributed by atoms with Crippen molar-refractivity contribution in [3.63, 3.8) is 0 Å². The highest BCUT2D eigenvalue weighted by Gasteiger charge is 2.26. The minimum atomic E-state index is 0.0639. The number of likely N-dealkylation sites (tertiary alicyclic amines) is 1. The molecule has 0 aliphatic carbocycles. The van der Waals surface area contributed by atoms with E-state index in [-0.39, 0.29) is 18.4 Å². The van der Waals surface area contributed by atoms with Crippen molar-refractivity contribution in [3.8, 4) is 0 Å². The molecule has 2 aromatic rings. The van der Waals surface area contributed by atoms with Gasteiger partial charge in [-0.25, -0.2) is 0 Å². The second-order valence-corrected chi connectivity index (χ2v) is 4.87. The van der Waals surface area contributed by atoms with Gasteiger partial charge in [0.2, 0.25) is 0 Å². The molecule has 1 aromatic heterocycles. The predicted octanol–water partition coefficient (Wildman–Crippen LogP) is 1.62. The number of H-pyrrole nitrogens is 1. The zero-order chi connectivity index (χ0) is 12.5. The van der Waals surface area contributed by atoms with Gasteiger partial charge in [0, 0.05) is 48.3 Å². The summed E-state index contributed by atoms with van der Waals surface area (Å²) in [4.78, 5) is 17.2. The zero-order valence-electron chi connectivity index (χ0n) is 10.1. The maximum absolute atomic E-state index is 12.3. The average molecular weight is 244 g/mol. The number of benzene rings is 1. The maximum atomic E-state index is 12.3. The molecule has 0 saturated carbocycles. The third kappa shape index (κ3) is 1.88. The number of fused-ring (bicyclic) bond motifs is 1. The van der Waals surface area contributed by atoms with Crippen molar-refractivity contribution in [3.05, 3.63) is 36.0 Å². The number of hydrogen-bond acceptors (Lipinski definition) is 2. The van der Waals surface area contributed by atoms with Crippen LogP contribution in [0.3, 0.4) is 0 Å². The summed E-state index contributed by atoms with van der Waals surface area (Å²) in [6.45, 7) is 1.58. The second-order valence-electron chi connectivity index (χ2n) is 4.87. The fraction of sp³-hybridized carbons (Fsp3) is 0.357. The topological polar surface area (TPSA) is 56.3 Å². The van der Waals surface area contributed by atoms with Gasteiger partial charge in [-0.05, 0) is 30.7 Å². The van der Waals surface area contributed by atoms with Crippen LogP contribution in [0.1, 0.15) is 16.8 Å². The number of carbonyl (C=O) groups is 1. The van der Waals surface area contributed by atoms with Crippen LogP contribution in [0, 0.1) is 5.92 Å². The number of rotatable bonds is 2. The van der Waals surface area contributed by atoms with E-state index in [9.17, 15) is 4.79 Å². The summed E-state index contributed by atoms with van der Waals surface area (Å²) >= 11 is 0. The van der Waals surface area contributed by atoms with E-state index in [1.54, 1.807) is 0 Å². The summed E-state index contributed by atoms with van der Waals surface area (Å²) in [5.41, 5.74) is 1.77. The number of carbonyl (C=O) groups excluding carboxylic acids is 1. The van der Waals surface area contributed by atoms with E-state index in [1.807, 2.05) is 35.4 Å². The van der Waals surface area contributed by atoms with Gasteiger partial charge in [-0.3, -0.25) is 4.79 Å². The minimum Gasteiger partial charge on any atom is -0.396 e. The van der Waals surface area contributed by atoms with Crippen LogP contribution >= 0.6 is 0 Å². The number of aliphatic hydroxyl groups excluding tert-OH is 1. The molecule has 2 N–H and O–H groups in total. The number of nitrogens with one attached hydrogen (secondary N) is 1. The quantitative estimate of drug-likeness (QED) is 0.843.